The third-order valence-corrected chi connectivity index (χ3v) is 3.67. The van der Waals surface area contributed by atoms with Crippen LogP contribution in [0.15, 0.2) is 53.9 Å². The van der Waals surface area contributed by atoms with Crippen LogP contribution in [-0.4, -0.2) is 26.1 Å². The zero-order valence-corrected chi connectivity index (χ0v) is 12.2. The number of carbonyl (C=O) groups excluding carboxylic acids is 1. The lowest BCUT2D eigenvalue weighted by atomic mass is 10.3. The van der Waals surface area contributed by atoms with Crippen LogP contribution in [0.4, 0.5) is 11.6 Å². The maximum Gasteiger partial charge on any atom is 0.246 e. The number of thiophene rings is 1. The number of aromatic amines is 1. The topological polar surface area (TPSA) is 90.9 Å². The Kier molecular flexibility index (Phi) is 3.97. The van der Waals surface area contributed by atoms with Gasteiger partial charge in [-0.15, -0.1) is 16.4 Å². The normalized spacial score (nSPS) is 11.4. The van der Waals surface area contributed by atoms with E-state index in [2.05, 4.69) is 20.5 Å². The van der Waals surface area contributed by atoms with Crippen molar-refractivity contribution in [3.63, 3.8) is 0 Å². The Labute approximate surface area is 130 Å². The molecule has 3 rings (SSSR count). The van der Waals surface area contributed by atoms with Crippen molar-refractivity contribution in [2.45, 2.75) is 0 Å². The molecule has 0 aliphatic heterocycles. The van der Waals surface area contributed by atoms with Gasteiger partial charge in [0.2, 0.25) is 5.95 Å². The van der Waals surface area contributed by atoms with E-state index in [1.54, 1.807) is 17.5 Å². The van der Waals surface area contributed by atoms with Crippen molar-refractivity contribution in [3.8, 4) is 0 Å². The van der Waals surface area contributed by atoms with Gasteiger partial charge in [0.15, 0.2) is 17.4 Å². The van der Waals surface area contributed by atoms with Gasteiger partial charge in [0.05, 0.1) is 4.88 Å². The number of rotatable bonds is 5. The molecule has 0 radical (unpaired) electrons. The number of hydrogen-bond acceptors (Lipinski definition) is 6. The van der Waals surface area contributed by atoms with E-state index >= 15 is 0 Å². The van der Waals surface area contributed by atoms with Crippen LogP contribution in [0.25, 0.3) is 5.76 Å². The third kappa shape index (κ3) is 3.21. The highest BCUT2D eigenvalue weighted by atomic mass is 32.1. The van der Waals surface area contributed by atoms with E-state index in [1.165, 1.54) is 11.3 Å². The van der Waals surface area contributed by atoms with Crippen LogP contribution in [0.3, 0.4) is 0 Å². The minimum Gasteiger partial charge on any atom is -0.504 e. The van der Waals surface area contributed by atoms with Crippen LogP contribution in [0.2, 0.25) is 0 Å². The Balaban J connectivity index is 1.74. The molecular weight excluding hydrogens is 300 g/mol. The molecule has 2 heterocycles. The largest absolute Gasteiger partial charge is 0.504 e. The molecule has 2 aromatic heterocycles. The maximum atomic E-state index is 11.9. The predicted octanol–water partition coefficient (Wildman–Crippen LogP) is 3.39. The molecule has 0 unspecified atom stereocenters. The summed E-state index contributed by atoms with van der Waals surface area (Å²) in [6.45, 7) is 0. The molecule has 0 fully saturated rings. The Morgan fingerprint density at radius 1 is 1.23 bits per heavy atom. The molecule has 0 spiro atoms. The van der Waals surface area contributed by atoms with E-state index in [0.717, 1.165) is 11.8 Å². The Bertz CT molecular complexity index is 794. The van der Waals surface area contributed by atoms with Gasteiger partial charge in [0, 0.05) is 11.8 Å². The third-order valence-electron chi connectivity index (χ3n) is 2.79. The molecule has 0 atom stereocenters. The average Bonchev–Trinajstić information content (AvgIpc) is 3.19. The van der Waals surface area contributed by atoms with E-state index in [-0.39, 0.29) is 17.4 Å². The summed E-state index contributed by atoms with van der Waals surface area (Å²) in [5.74, 6) is -0.0958. The molecule has 0 saturated carbocycles. The number of ketones is 1. The monoisotopic (exact) mass is 312 g/mol. The number of nitrogens with one attached hydrogen (secondary N) is 2. The summed E-state index contributed by atoms with van der Waals surface area (Å²) in [5, 5.41) is 21.3. The lowest BCUT2D eigenvalue weighted by molar-refractivity contribution is 0.104. The van der Waals surface area contributed by atoms with Crippen molar-refractivity contribution in [2.24, 2.45) is 0 Å². The number of aliphatic hydroxyl groups excluding tert-OH is 1. The average molecular weight is 312 g/mol. The summed E-state index contributed by atoms with van der Waals surface area (Å²) in [4.78, 5) is 16.5. The van der Waals surface area contributed by atoms with Crippen molar-refractivity contribution < 1.29 is 9.90 Å². The highest BCUT2D eigenvalue weighted by Gasteiger charge is 2.11. The van der Waals surface area contributed by atoms with Gasteiger partial charge in [-0.1, -0.05) is 24.3 Å². The van der Waals surface area contributed by atoms with Gasteiger partial charge in [-0.25, -0.2) is 0 Å². The number of aromatic nitrogens is 3. The lowest BCUT2D eigenvalue weighted by Gasteiger charge is -1.99. The summed E-state index contributed by atoms with van der Waals surface area (Å²) in [7, 11) is 0. The second-order valence-electron chi connectivity index (χ2n) is 4.37. The smallest absolute Gasteiger partial charge is 0.246 e. The molecule has 3 aromatic rings. The highest BCUT2D eigenvalue weighted by molar-refractivity contribution is 7.12. The molecule has 0 aliphatic carbocycles. The number of benzene rings is 1. The van der Waals surface area contributed by atoms with Crippen molar-refractivity contribution >= 4 is 34.5 Å². The molecule has 0 saturated heterocycles. The number of hydrogen-bond donors (Lipinski definition) is 3. The van der Waals surface area contributed by atoms with Gasteiger partial charge in [0.25, 0.3) is 0 Å². The molecule has 0 bridgehead atoms. The van der Waals surface area contributed by atoms with Crippen molar-refractivity contribution in [3.05, 3.63) is 64.6 Å². The quantitative estimate of drug-likeness (QED) is 0.381. The molecule has 22 heavy (non-hydrogen) atoms. The van der Waals surface area contributed by atoms with E-state index < -0.39 is 0 Å². The summed E-state index contributed by atoms with van der Waals surface area (Å²) < 4.78 is 0. The SMILES string of the molecule is O=C(/C=C(/O)c1nc(Nc2ccccc2)n[nH]1)c1cccs1. The van der Waals surface area contributed by atoms with Crippen LogP contribution in [0.5, 0.6) is 0 Å². The first kappa shape index (κ1) is 14.0. The minimum atomic E-state index is -0.276. The second kappa shape index (κ2) is 6.23. The second-order valence-corrected chi connectivity index (χ2v) is 5.32. The van der Waals surface area contributed by atoms with Gasteiger partial charge in [-0.05, 0) is 23.6 Å². The summed E-state index contributed by atoms with van der Waals surface area (Å²) in [6.07, 6.45) is 1.12. The number of anilines is 2. The zero-order valence-electron chi connectivity index (χ0n) is 11.4. The van der Waals surface area contributed by atoms with Gasteiger partial charge >= 0.3 is 0 Å². The van der Waals surface area contributed by atoms with Crippen LogP contribution in [-0.2, 0) is 0 Å². The Morgan fingerprint density at radius 3 is 2.77 bits per heavy atom. The van der Waals surface area contributed by atoms with E-state index in [9.17, 15) is 9.90 Å². The lowest BCUT2D eigenvalue weighted by Crippen LogP contribution is -1.95. The standard InChI is InChI=1S/C15H12N4O2S/c20-11(13-7-4-8-22-13)9-12(21)14-17-15(19-18-14)16-10-5-2-1-3-6-10/h1-9,21H,(H2,16,17,18,19)/b12-9+. The van der Waals surface area contributed by atoms with Crippen LogP contribution in [0, 0.1) is 0 Å². The summed E-state index contributed by atoms with van der Waals surface area (Å²) >= 11 is 1.31. The van der Waals surface area contributed by atoms with Crippen LogP contribution in [0.1, 0.15) is 15.5 Å². The molecule has 3 N–H and O–H groups in total. The van der Waals surface area contributed by atoms with Gasteiger partial charge < -0.3 is 10.4 Å². The summed E-state index contributed by atoms with van der Waals surface area (Å²) in [6, 6.07) is 12.9. The number of nitrogens with zero attached hydrogens (tertiary/aromatic N) is 2. The fraction of sp³-hybridized carbons (Fsp3) is 0. The number of carbonyl (C=O) groups is 1. The van der Waals surface area contributed by atoms with Gasteiger partial charge in [-0.2, -0.15) is 4.98 Å². The van der Waals surface area contributed by atoms with E-state index in [4.69, 9.17) is 0 Å². The van der Waals surface area contributed by atoms with Crippen molar-refractivity contribution in [2.75, 3.05) is 5.32 Å². The first-order valence-corrected chi connectivity index (χ1v) is 7.34. The number of aliphatic hydroxyl groups is 1. The molecule has 1 aromatic carbocycles. The highest BCUT2D eigenvalue weighted by Crippen LogP contribution is 2.16. The maximum absolute atomic E-state index is 11.9. The van der Waals surface area contributed by atoms with Crippen molar-refractivity contribution in [1.82, 2.24) is 15.2 Å². The zero-order chi connectivity index (χ0) is 15.4. The molecule has 0 aliphatic rings. The first-order chi connectivity index (χ1) is 10.7. The van der Waals surface area contributed by atoms with Crippen LogP contribution < -0.4 is 5.32 Å². The minimum absolute atomic E-state index is 0.128. The molecule has 110 valence electrons. The predicted molar refractivity (Wildman–Crippen MR) is 85.4 cm³/mol. The van der Waals surface area contributed by atoms with Crippen molar-refractivity contribution in [1.29, 1.82) is 0 Å². The van der Waals surface area contributed by atoms with E-state index in [0.29, 0.717) is 10.8 Å². The Hall–Kier alpha value is -2.93. The van der Waals surface area contributed by atoms with Gasteiger partial charge in [-0.3, -0.25) is 9.89 Å². The number of allylic oxidation sites excluding steroid dienone is 1. The first-order valence-electron chi connectivity index (χ1n) is 6.46. The molecular formula is C15H12N4O2S. The molecule has 7 heteroatoms. The molecule has 0 amide bonds. The fourth-order valence-electron chi connectivity index (χ4n) is 1.77. The number of H-pyrrole nitrogens is 1. The number of para-hydroxylation sites is 1. The fourth-order valence-corrected chi connectivity index (χ4v) is 2.40. The van der Waals surface area contributed by atoms with Crippen LogP contribution >= 0.6 is 11.3 Å². The Morgan fingerprint density at radius 2 is 2.05 bits per heavy atom. The van der Waals surface area contributed by atoms with Gasteiger partial charge in [0.1, 0.15) is 0 Å². The molecule has 6 nitrogen and oxygen atoms in total. The summed E-state index contributed by atoms with van der Waals surface area (Å²) in [5.41, 5.74) is 0.825. The van der Waals surface area contributed by atoms with E-state index in [1.807, 2.05) is 30.3 Å².